The number of amides is 1. The summed E-state index contributed by atoms with van der Waals surface area (Å²) in [6, 6.07) is 8.69. The number of halogens is 4. The number of nitrogens with zero attached hydrogens (tertiary/aromatic N) is 7. The number of fused-ring (bicyclic) bond motifs is 1. The number of aryl methyl sites for hydroxylation is 2. The molecule has 1 amide bonds. The van der Waals surface area contributed by atoms with Gasteiger partial charge in [-0.2, -0.15) is 15.0 Å². The fraction of sp³-hybridized carbons (Fsp3) is 0.524. The molecular formula is C42H61Cl3FN10O10PS2. The minimum atomic E-state index is -4.10. The van der Waals surface area contributed by atoms with E-state index in [2.05, 4.69) is 53.6 Å². The Morgan fingerprint density at radius 2 is 1.72 bits per heavy atom. The van der Waals surface area contributed by atoms with Crippen molar-refractivity contribution in [1.29, 1.82) is 0 Å². The van der Waals surface area contributed by atoms with E-state index >= 15 is 0 Å². The number of anilines is 3. The van der Waals surface area contributed by atoms with Crippen LogP contribution in [0.2, 0.25) is 10.3 Å². The van der Waals surface area contributed by atoms with Gasteiger partial charge in [0.1, 0.15) is 17.4 Å². The van der Waals surface area contributed by atoms with Crippen molar-refractivity contribution in [3.05, 3.63) is 72.1 Å². The minimum absolute atomic E-state index is 0.0223. The molecule has 1 aliphatic heterocycles. The summed E-state index contributed by atoms with van der Waals surface area (Å²) in [6.45, 7) is 16.2. The zero-order valence-electron chi connectivity index (χ0n) is 39.8. The van der Waals surface area contributed by atoms with Crippen LogP contribution in [0, 0.1) is 12.7 Å². The molecule has 0 spiro atoms. The summed E-state index contributed by atoms with van der Waals surface area (Å²) < 4.78 is 37.5. The van der Waals surface area contributed by atoms with Crippen LogP contribution in [-0.4, -0.2) is 120 Å². The number of alkyl halides is 1. The zero-order chi connectivity index (χ0) is 52.1. The Hall–Kier alpha value is -4.16. The normalized spacial score (nSPS) is 12.7. The molecule has 69 heavy (non-hydrogen) atoms. The summed E-state index contributed by atoms with van der Waals surface area (Å²) in [5, 5.41) is 16.6. The number of carboxylic acid groups (broad SMARTS) is 1. The number of methoxy groups -OCH3 is 2. The van der Waals surface area contributed by atoms with Crippen molar-refractivity contribution in [2.75, 3.05) is 67.4 Å². The number of aliphatic carboxylic acids is 1. The van der Waals surface area contributed by atoms with Crippen LogP contribution in [0.25, 0.3) is 0 Å². The number of rotatable bonds is 17. The minimum Gasteiger partial charge on any atom is -0.480 e. The number of carbonyl (C=O) groups excluding carboxylic acids is 2. The van der Waals surface area contributed by atoms with E-state index in [1.807, 2.05) is 53.7 Å². The van der Waals surface area contributed by atoms with E-state index in [9.17, 15) is 28.1 Å². The second-order valence-corrected chi connectivity index (χ2v) is 20.3. The second-order valence-electron chi connectivity index (χ2n) is 15.8. The maximum absolute atomic E-state index is 14.3. The van der Waals surface area contributed by atoms with E-state index in [4.69, 9.17) is 54.4 Å². The van der Waals surface area contributed by atoms with E-state index < -0.39 is 38.2 Å². The molecule has 0 saturated carbocycles. The number of nitrogens with one attached hydrogen (secondary N) is 3. The quantitative estimate of drug-likeness (QED) is 0.0271. The van der Waals surface area contributed by atoms with Gasteiger partial charge in [0.05, 0.1) is 49.1 Å². The molecule has 2 aromatic carbocycles. The largest absolute Gasteiger partial charge is 0.480 e. The number of aromatic nitrogens is 5. The molecule has 2 aromatic heterocycles. The van der Waals surface area contributed by atoms with Crippen molar-refractivity contribution in [1.82, 2.24) is 29.6 Å². The van der Waals surface area contributed by atoms with E-state index in [1.54, 1.807) is 21.4 Å². The Morgan fingerprint density at radius 3 is 2.29 bits per heavy atom. The Labute approximate surface area is 423 Å². The fourth-order valence-corrected chi connectivity index (χ4v) is 8.72. The molecule has 0 aliphatic carbocycles. The number of esters is 1. The molecule has 5 rings (SSSR count). The molecule has 1 unspecified atom stereocenters. The van der Waals surface area contributed by atoms with Gasteiger partial charge in [-0.25, -0.2) is 14.1 Å². The van der Waals surface area contributed by atoms with Crippen LogP contribution in [-0.2, 0) is 47.9 Å². The highest BCUT2D eigenvalue weighted by molar-refractivity contribution is 8.00. The lowest BCUT2D eigenvalue weighted by atomic mass is 10.0. The summed E-state index contributed by atoms with van der Waals surface area (Å²) in [5.41, 5.74) is 3.19. The maximum atomic E-state index is 14.3. The van der Waals surface area contributed by atoms with E-state index in [0.717, 1.165) is 71.8 Å². The van der Waals surface area contributed by atoms with Gasteiger partial charge in [0.2, 0.25) is 27.9 Å². The number of para-hydroxylation sites is 1. The SMILES string of the molecule is CCNc1nc(Cl)nc(NC(C)(C)C)n1.CCc1cccc(C)c1N(C(=O)CCl)C(C)COC.COC(=O)CSc1cc(N=c2sc(=O)n3n2CCCC3)c(F)cc1Cl.O=C(O)CNCP(=O)(O)O. The average Bonchev–Trinajstić information content (AvgIpc) is 3.58. The lowest BCUT2D eigenvalue weighted by Crippen LogP contribution is -2.43. The number of carboxylic acids is 1. The van der Waals surface area contributed by atoms with Crippen LogP contribution in [0.15, 0.2) is 45.0 Å². The van der Waals surface area contributed by atoms with Gasteiger partial charge < -0.3 is 39.9 Å². The molecule has 0 radical (unpaired) electrons. The lowest BCUT2D eigenvalue weighted by Gasteiger charge is -2.31. The highest BCUT2D eigenvalue weighted by Gasteiger charge is 2.25. The predicted molar refractivity (Wildman–Crippen MR) is 270 cm³/mol. The second kappa shape index (κ2) is 29.9. The topological polar surface area (TPSA) is 265 Å². The highest BCUT2D eigenvalue weighted by Crippen LogP contribution is 2.34. The fourth-order valence-electron chi connectivity index (χ4n) is 6.04. The van der Waals surface area contributed by atoms with Gasteiger partial charge in [0, 0.05) is 37.2 Å². The number of hydrogen-bond donors (Lipinski definition) is 6. The van der Waals surface area contributed by atoms with Crippen LogP contribution >= 0.6 is 65.5 Å². The van der Waals surface area contributed by atoms with Gasteiger partial charge in [-0.15, -0.1) is 23.4 Å². The summed E-state index contributed by atoms with van der Waals surface area (Å²) in [4.78, 5) is 80.7. The van der Waals surface area contributed by atoms with Crippen molar-refractivity contribution in [2.24, 2.45) is 4.99 Å². The number of hydrogen-bond acceptors (Lipinski definition) is 16. The number of ether oxygens (including phenoxy) is 2. The van der Waals surface area contributed by atoms with E-state index in [-0.39, 0.29) is 50.0 Å². The first kappa shape index (κ1) is 61.0. The van der Waals surface area contributed by atoms with Crippen molar-refractivity contribution < 1.29 is 47.7 Å². The molecule has 20 nitrogen and oxygen atoms in total. The average molecular weight is 1090 g/mol. The summed E-state index contributed by atoms with van der Waals surface area (Å²) in [7, 11) is -1.16. The van der Waals surface area contributed by atoms with Crippen LogP contribution in [0.5, 0.6) is 0 Å². The third-order valence-corrected chi connectivity index (χ3v) is 12.2. The van der Waals surface area contributed by atoms with Gasteiger partial charge in [0.25, 0.3) is 0 Å². The Kier molecular flexibility index (Phi) is 26.4. The van der Waals surface area contributed by atoms with Crippen molar-refractivity contribution in [3.63, 3.8) is 0 Å². The number of thioether (sulfide) groups is 1. The van der Waals surface area contributed by atoms with Gasteiger partial charge in [-0.1, -0.05) is 36.7 Å². The molecule has 384 valence electrons. The molecule has 1 atom stereocenters. The molecule has 0 bridgehead atoms. The molecule has 3 heterocycles. The van der Waals surface area contributed by atoms with Crippen molar-refractivity contribution in [2.45, 2.75) is 97.3 Å². The third kappa shape index (κ3) is 21.8. The monoisotopic (exact) mass is 1080 g/mol. The third-order valence-electron chi connectivity index (χ3n) is 8.88. The Morgan fingerprint density at radius 1 is 1.07 bits per heavy atom. The predicted octanol–water partition coefficient (Wildman–Crippen LogP) is 6.92. The smallest absolute Gasteiger partial charge is 0.339 e. The zero-order valence-corrected chi connectivity index (χ0v) is 44.6. The molecule has 27 heteroatoms. The molecule has 0 saturated heterocycles. The van der Waals surface area contributed by atoms with Gasteiger partial charge in [-0.3, -0.25) is 33.7 Å². The number of carbonyl (C=O) groups is 3. The van der Waals surface area contributed by atoms with Gasteiger partial charge in [0.15, 0.2) is 0 Å². The van der Waals surface area contributed by atoms with Crippen LogP contribution in [0.4, 0.5) is 27.7 Å². The number of benzene rings is 2. The standard InChI is InChI=1S/C15H15ClFN3O3S2.C15H22ClNO2.C9H16ClN5.C3H8NO5P/c1-23-13(21)8-24-12-7-11(10(17)6-9(12)16)18-14-19-4-2-3-5-20(19)15(22)25-14;1-5-13-8-6-7-11(2)15(13)17(14(18)9-16)12(3)10-19-4;1-5-11-7-12-6(10)13-8(14-7)15-9(2,3)4;5-3(6)1-4-2-10(7,8)9/h6-7H,2-5,8H2,1H3;6-8,12H,5,9-10H2,1-4H3;5H2,1-4H3,(H2,11,12,13,14,15);4H,1-2H2,(H,5,6)(H2,7,8,9). The first-order valence-corrected chi connectivity index (χ1v) is 26.2. The molecule has 4 aromatic rings. The highest BCUT2D eigenvalue weighted by atomic mass is 35.5. The van der Waals surface area contributed by atoms with Crippen LogP contribution < -0.4 is 30.5 Å². The summed E-state index contributed by atoms with van der Waals surface area (Å²) in [5.74, 6) is -1.20. The molecular weight excluding hydrogens is 1020 g/mol. The summed E-state index contributed by atoms with van der Waals surface area (Å²) in [6.07, 6.45) is 2.18. The molecule has 0 fully saturated rings. The molecule has 6 N–H and O–H groups in total. The van der Waals surface area contributed by atoms with Crippen LogP contribution in [0.1, 0.15) is 65.5 Å². The van der Waals surface area contributed by atoms with Crippen molar-refractivity contribution >= 4 is 107 Å². The van der Waals surface area contributed by atoms with E-state index in [1.165, 1.54) is 13.2 Å². The van der Waals surface area contributed by atoms with Gasteiger partial charge in [-0.05, 0) is 107 Å². The Balaban J connectivity index is 0.000000332. The maximum Gasteiger partial charge on any atom is 0.339 e. The van der Waals surface area contributed by atoms with E-state index in [0.29, 0.717) is 41.3 Å². The molecule has 1 aliphatic rings. The van der Waals surface area contributed by atoms with Crippen LogP contribution in [0.3, 0.4) is 0 Å². The van der Waals surface area contributed by atoms with Crippen molar-refractivity contribution in [3.8, 4) is 0 Å². The lowest BCUT2D eigenvalue weighted by molar-refractivity contribution is -0.137. The van der Waals surface area contributed by atoms with Gasteiger partial charge >= 0.3 is 24.4 Å². The Bertz CT molecular complexity index is 2510. The summed E-state index contributed by atoms with van der Waals surface area (Å²) >= 11 is 19.7. The first-order valence-electron chi connectivity index (χ1n) is 21.3. The first-order chi connectivity index (χ1) is 32.4.